The summed E-state index contributed by atoms with van der Waals surface area (Å²) >= 11 is 0. The van der Waals surface area contributed by atoms with Crippen LogP contribution >= 0.6 is 0 Å². The van der Waals surface area contributed by atoms with Crippen molar-refractivity contribution in [1.82, 2.24) is 0 Å². The van der Waals surface area contributed by atoms with Gasteiger partial charge in [0.25, 0.3) is 0 Å². The Balaban J connectivity index is 2.00. The highest BCUT2D eigenvalue weighted by Gasteiger charge is 2.15. The van der Waals surface area contributed by atoms with Crippen molar-refractivity contribution in [1.29, 1.82) is 0 Å². The average Bonchev–Trinajstić information content (AvgIpc) is 2.49. The summed E-state index contributed by atoms with van der Waals surface area (Å²) < 4.78 is 0. The van der Waals surface area contributed by atoms with Crippen LogP contribution in [-0.4, -0.2) is 5.91 Å². The van der Waals surface area contributed by atoms with Crippen molar-refractivity contribution in [3.8, 4) is 0 Å². The lowest BCUT2D eigenvalue weighted by Gasteiger charge is -2.12. The van der Waals surface area contributed by atoms with Crippen LogP contribution < -0.4 is 11.1 Å². The van der Waals surface area contributed by atoms with Crippen molar-refractivity contribution in [2.24, 2.45) is 5.73 Å². The second kappa shape index (κ2) is 6.87. The van der Waals surface area contributed by atoms with Gasteiger partial charge in [-0.25, -0.2) is 0 Å². The second-order valence-electron chi connectivity index (χ2n) is 4.82. The predicted octanol–water partition coefficient (Wildman–Crippen LogP) is 3.28. The molecule has 0 aromatic heterocycles. The first-order valence-electron chi connectivity index (χ1n) is 6.91. The maximum atomic E-state index is 12.1. The minimum absolute atomic E-state index is 0.195. The van der Waals surface area contributed by atoms with Crippen LogP contribution in [0.2, 0.25) is 0 Å². The lowest BCUT2D eigenvalue weighted by atomic mass is 10.1. The highest BCUT2D eigenvalue weighted by molar-refractivity contribution is 5.95. The van der Waals surface area contributed by atoms with E-state index in [9.17, 15) is 4.79 Å². The molecule has 20 heavy (non-hydrogen) atoms. The normalized spacial score (nSPS) is 11.9. The summed E-state index contributed by atoms with van der Waals surface area (Å²) in [7, 11) is 0. The van der Waals surface area contributed by atoms with Crippen LogP contribution in [0.25, 0.3) is 0 Å². The highest BCUT2D eigenvalue weighted by Crippen LogP contribution is 2.15. The molecular formula is C17H20N2O. The summed E-state index contributed by atoms with van der Waals surface area (Å²) in [6.07, 6.45) is 2.17. The number of rotatable bonds is 5. The van der Waals surface area contributed by atoms with E-state index in [1.807, 2.05) is 54.6 Å². The Morgan fingerprint density at radius 1 is 1.10 bits per heavy atom. The molecule has 0 unspecified atom stereocenters. The minimum atomic E-state index is -0.647. The number of anilines is 1. The van der Waals surface area contributed by atoms with E-state index in [0.29, 0.717) is 0 Å². The summed E-state index contributed by atoms with van der Waals surface area (Å²) in [4.78, 5) is 12.1. The Labute approximate surface area is 119 Å². The van der Waals surface area contributed by atoms with E-state index in [2.05, 4.69) is 12.2 Å². The van der Waals surface area contributed by atoms with Crippen LogP contribution in [0.5, 0.6) is 0 Å². The molecule has 0 bridgehead atoms. The van der Waals surface area contributed by atoms with E-state index in [4.69, 9.17) is 5.73 Å². The first kappa shape index (κ1) is 14.3. The van der Waals surface area contributed by atoms with Crippen molar-refractivity contribution in [2.75, 3.05) is 5.32 Å². The fourth-order valence-electron chi connectivity index (χ4n) is 2.08. The molecule has 1 amide bonds. The van der Waals surface area contributed by atoms with Gasteiger partial charge >= 0.3 is 0 Å². The maximum Gasteiger partial charge on any atom is 0.245 e. The molecular weight excluding hydrogens is 248 g/mol. The van der Waals surface area contributed by atoms with Gasteiger partial charge in [-0.3, -0.25) is 4.79 Å². The third kappa shape index (κ3) is 3.68. The van der Waals surface area contributed by atoms with Crippen molar-refractivity contribution in [3.63, 3.8) is 0 Å². The lowest BCUT2D eigenvalue weighted by Crippen LogP contribution is -2.27. The van der Waals surface area contributed by atoms with Crippen molar-refractivity contribution in [2.45, 2.75) is 25.8 Å². The van der Waals surface area contributed by atoms with Crippen molar-refractivity contribution in [3.05, 3.63) is 65.7 Å². The number of carbonyl (C=O) groups is 1. The van der Waals surface area contributed by atoms with Gasteiger partial charge in [0.1, 0.15) is 6.04 Å². The van der Waals surface area contributed by atoms with Crippen LogP contribution in [-0.2, 0) is 11.2 Å². The largest absolute Gasteiger partial charge is 0.324 e. The Morgan fingerprint density at radius 2 is 1.75 bits per heavy atom. The van der Waals surface area contributed by atoms with E-state index in [0.717, 1.165) is 24.1 Å². The van der Waals surface area contributed by atoms with Gasteiger partial charge in [0.2, 0.25) is 5.91 Å². The molecule has 0 aliphatic rings. The zero-order valence-electron chi connectivity index (χ0n) is 11.7. The lowest BCUT2D eigenvalue weighted by molar-refractivity contribution is -0.117. The molecule has 0 heterocycles. The molecule has 0 saturated carbocycles. The molecule has 0 spiro atoms. The third-order valence-corrected chi connectivity index (χ3v) is 3.20. The van der Waals surface area contributed by atoms with Gasteiger partial charge in [0, 0.05) is 5.69 Å². The molecule has 1 atom stereocenters. The fraction of sp³-hybridized carbons (Fsp3) is 0.235. The first-order chi connectivity index (χ1) is 9.70. The number of benzene rings is 2. The quantitative estimate of drug-likeness (QED) is 0.874. The number of nitrogens with one attached hydrogen (secondary N) is 1. The molecule has 0 aliphatic heterocycles. The molecule has 3 N–H and O–H groups in total. The Kier molecular flexibility index (Phi) is 4.91. The van der Waals surface area contributed by atoms with Gasteiger partial charge in [0.05, 0.1) is 0 Å². The van der Waals surface area contributed by atoms with Crippen LogP contribution in [0, 0.1) is 0 Å². The SMILES string of the molecule is CCCc1ccc(NC(=O)[C@H](N)c2ccccc2)cc1. The molecule has 2 aromatic carbocycles. The molecule has 0 saturated heterocycles. The van der Waals surface area contributed by atoms with Crippen LogP contribution in [0.3, 0.4) is 0 Å². The smallest absolute Gasteiger partial charge is 0.245 e. The number of aryl methyl sites for hydroxylation is 1. The summed E-state index contributed by atoms with van der Waals surface area (Å²) in [5, 5.41) is 2.85. The highest BCUT2D eigenvalue weighted by atomic mass is 16.2. The molecule has 3 nitrogen and oxygen atoms in total. The van der Waals surface area contributed by atoms with Gasteiger partial charge in [-0.1, -0.05) is 55.8 Å². The molecule has 0 aliphatic carbocycles. The number of amides is 1. The monoisotopic (exact) mass is 268 g/mol. The first-order valence-corrected chi connectivity index (χ1v) is 6.91. The number of nitrogens with two attached hydrogens (primary N) is 1. The van der Waals surface area contributed by atoms with Gasteiger partial charge in [-0.05, 0) is 29.7 Å². The topological polar surface area (TPSA) is 55.1 Å². The number of hydrogen-bond donors (Lipinski definition) is 2. The van der Waals surface area contributed by atoms with E-state index in [-0.39, 0.29) is 5.91 Å². The van der Waals surface area contributed by atoms with Crippen LogP contribution in [0.1, 0.15) is 30.5 Å². The standard InChI is InChI=1S/C17H20N2O/c1-2-6-13-9-11-15(12-10-13)19-17(20)16(18)14-7-4-3-5-8-14/h3-5,7-12,16H,2,6,18H2,1H3,(H,19,20)/t16-/m1/s1. The maximum absolute atomic E-state index is 12.1. The zero-order chi connectivity index (χ0) is 14.4. The molecule has 0 radical (unpaired) electrons. The molecule has 0 fully saturated rings. The van der Waals surface area contributed by atoms with E-state index in [1.54, 1.807) is 0 Å². The summed E-state index contributed by atoms with van der Waals surface area (Å²) in [6.45, 7) is 2.15. The predicted molar refractivity (Wildman–Crippen MR) is 82.4 cm³/mol. The summed E-state index contributed by atoms with van der Waals surface area (Å²) in [6, 6.07) is 16.6. The van der Waals surface area contributed by atoms with Gasteiger partial charge < -0.3 is 11.1 Å². The summed E-state index contributed by atoms with van der Waals surface area (Å²) in [5.41, 5.74) is 8.82. The Bertz CT molecular complexity index is 549. The van der Waals surface area contributed by atoms with E-state index in [1.165, 1.54) is 5.56 Å². The second-order valence-corrected chi connectivity index (χ2v) is 4.82. The average molecular weight is 268 g/mol. The van der Waals surface area contributed by atoms with E-state index >= 15 is 0 Å². The third-order valence-electron chi connectivity index (χ3n) is 3.20. The van der Waals surface area contributed by atoms with Gasteiger partial charge in [-0.15, -0.1) is 0 Å². The van der Waals surface area contributed by atoms with Gasteiger partial charge in [-0.2, -0.15) is 0 Å². The number of carbonyl (C=O) groups excluding carboxylic acids is 1. The molecule has 3 heteroatoms. The fourth-order valence-corrected chi connectivity index (χ4v) is 2.08. The Morgan fingerprint density at radius 3 is 2.35 bits per heavy atom. The Hall–Kier alpha value is -2.13. The molecule has 2 rings (SSSR count). The van der Waals surface area contributed by atoms with Crippen molar-refractivity contribution < 1.29 is 4.79 Å². The zero-order valence-corrected chi connectivity index (χ0v) is 11.7. The molecule has 104 valence electrons. The summed E-state index contributed by atoms with van der Waals surface area (Å²) in [5.74, 6) is -0.195. The van der Waals surface area contributed by atoms with Crippen LogP contribution in [0.4, 0.5) is 5.69 Å². The number of hydrogen-bond acceptors (Lipinski definition) is 2. The van der Waals surface area contributed by atoms with Gasteiger partial charge in [0.15, 0.2) is 0 Å². The van der Waals surface area contributed by atoms with Crippen molar-refractivity contribution >= 4 is 11.6 Å². The van der Waals surface area contributed by atoms with Crippen LogP contribution in [0.15, 0.2) is 54.6 Å². The van der Waals surface area contributed by atoms with E-state index < -0.39 is 6.04 Å². The minimum Gasteiger partial charge on any atom is -0.324 e. The molecule has 2 aromatic rings.